The Bertz CT molecular complexity index is 616. The van der Waals surface area contributed by atoms with Gasteiger partial charge in [0.05, 0.1) is 0 Å². The lowest BCUT2D eigenvalue weighted by molar-refractivity contribution is 0.575. The predicted molar refractivity (Wildman–Crippen MR) is 69.6 cm³/mol. The molecule has 0 saturated heterocycles. The van der Waals surface area contributed by atoms with E-state index in [0.717, 1.165) is 5.56 Å². The minimum atomic E-state index is -3.63. The van der Waals surface area contributed by atoms with Crippen molar-refractivity contribution in [1.82, 2.24) is 14.9 Å². The maximum atomic E-state index is 12.1. The van der Waals surface area contributed by atoms with Crippen LogP contribution >= 0.6 is 11.3 Å². The minimum absolute atomic E-state index is 0.0160. The molecule has 0 aromatic carbocycles. The first-order chi connectivity index (χ1) is 8.54. The zero-order valence-electron chi connectivity index (χ0n) is 9.80. The van der Waals surface area contributed by atoms with Crippen LogP contribution in [0.3, 0.4) is 0 Å². The van der Waals surface area contributed by atoms with Crippen LogP contribution in [0, 0.1) is 6.92 Å². The van der Waals surface area contributed by atoms with Crippen molar-refractivity contribution in [2.45, 2.75) is 25.0 Å². The summed E-state index contributed by atoms with van der Waals surface area (Å²) in [5.41, 5.74) is 7.65. The van der Waals surface area contributed by atoms with Crippen LogP contribution in [-0.2, 0) is 23.1 Å². The molecule has 98 valence electrons. The number of sulfonamides is 1. The molecule has 2 aromatic heterocycles. The molecular formula is C10H14N4O2S2. The third-order valence-corrected chi connectivity index (χ3v) is 4.64. The maximum Gasteiger partial charge on any atom is 0.260 e. The van der Waals surface area contributed by atoms with Crippen molar-refractivity contribution in [3.63, 3.8) is 0 Å². The average Bonchev–Trinajstić information content (AvgIpc) is 2.95. The van der Waals surface area contributed by atoms with Gasteiger partial charge in [-0.1, -0.05) is 0 Å². The van der Waals surface area contributed by atoms with Crippen LogP contribution in [0.2, 0.25) is 0 Å². The fourth-order valence-electron chi connectivity index (χ4n) is 1.53. The highest BCUT2D eigenvalue weighted by atomic mass is 32.2. The van der Waals surface area contributed by atoms with Crippen molar-refractivity contribution in [1.29, 1.82) is 0 Å². The van der Waals surface area contributed by atoms with E-state index in [2.05, 4.69) is 14.9 Å². The lowest BCUT2D eigenvalue weighted by Gasteiger charge is -2.04. The van der Waals surface area contributed by atoms with Gasteiger partial charge in [-0.25, -0.2) is 13.1 Å². The molecule has 0 bridgehead atoms. The monoisotopic (exact) mass is 286 g/mol. The van der Waals surface area contributed by atoms with E-state index in [4.69, 9.17) is 5.73 Å². The molecule has 8 heteroatoms. The summed E-state index contributed by atoms with van der Waals surface area (Å²) in [6.07, 6.45) is 0. The molecule has 18 heavy (non-hydrogen) atoms. The molecule has 0 atom stereocenters. The number of H-pyrrole nitrogens is 1. The average molecular weight is 286 g/mol. The van der Waals surface area contributed by atoms with Crippen LogP contribution in [0.5, 0.6) is 0 Å². The molecule has 2 aromatic rings. The summed E-state index contributed by atoms with van der Waals surface area (Å²) in [6, 6.07) is 1.87. The number of hydrogen-bond acceptors (Lipinski definition) is 5. The minimum Gasteiger partial charge on any atom is -0.326 e. The van der Waals surface area contributed by atoms with Crippen molar-refractivity contribution in [2.24, 2.45) is 5.73 Å². The number of nitrogens with zero attached hydrogens (tertiary/aromatic N) is 1. The molecule has 0 aliphatic rings. The molecule has 0 fully saturated rings. The van der Waals surface area contributed by atoms with Gasteiger partial charge < -0.3 is 5.73 Å². The number of aromatic nitrogens is 2. The normalized spacial score (nSPS) is 11.9. The van der Waals surface area contributed by atoms with Crippen molar-refractivity contribution < 1.29 is 8.42 Å². The molecule has 0 saturated carbocycles. The van der Waals surface area contributed by atoms with Crippen LogP contribution in [0.1, 0.15) is 16.8 Å². The number of thiophene rings is 1. The van der Waals surface area contributed by atoms with Crippen molar-refractivity contribution in [2.75, 3.05) is 0 Å². The van der Waals surface area contributed by atoms with E-state index in [0.29, 0.717) is 11.3 Å². The van der Waals surface area contributed by atoms with E-state index in [9.17, 15) is 8.42 Å². The Balaban J connectivity index is 2.20. The molecule has 0 amide bonds. The van der Waals surface area contributed by atoms with Crippen LogP contribution in [-0.4, -0.2) is 18.6 Å². The molecule has 0 radical (unpaired) electrons. The third kappa shape index (κ3) is 2.61. The Morgan fingerprint density at radius 2 is 2.33 bits per heavy atom. The highest BCUT2D eigenvalue weighted by Gasteiger charge is 2.22. The smallest absolute Gasteiger partial charge is 0.260 e. The number of aromatic amines is 1. The van der Waals surface area contributed by atoms with Crippen LogP contribution < -0.4 is 10.5 Å². The van der Waals surface area contributed by atoms with Crippen LogP contribution in [0.4, 0.5) is 0 Å². The van der Waals surface area contributed by atoms with Gasteiger partial charge in [0.25, 0.3) is 10.0 Å². The second-order valence-electron chi connectivity index (χ2n) is 3.79. The van der Waals surface area contributed by atoms with Gasteiger partial charge in [-0.15, -0.1) is 0 Å². The van der Waals surface area contributed by atoms with Gasteiger partial charge in [-0.2, -0.15) is 16.4 Å². The number of nitrogens with two attached hydrogens (primary N) is 1. The first-order valence-corrected chi connectivity index (χ1v) is 7.72. The van der Waals surface area contributed by atoms with E-state index in [1.807, 2.05) is 16.8 Å². The lowest BCUT2D eigenvalue weighted by atomic mass is 10.3. The number of aryl methyl sites for hydroxylation is 1. The Morgan fingerprint density at radius 3 is 2.94 bits per heavy atom. The summed E-state index contributed by atoms with van der Waals surface area (Å²) in [6.45, 7) is 2.13. The first kappa shape index (κ1) is 13.2. The first-order valence-electron chi connectivity index (χ1n) is 5.29. The topological polar surface area (TPSA) is 101 Å². The quantitative estimate of drug-likeness (QED) is 0.753. The lowest BCUT2D eigenvalue weighted by Crippen LogP contribution is -2.24. The fraction of sp³-hybridized carbons (Fsp3) is 0.300. The Hall–Kier alpha value is -1.22. The number of rotatable bonds is 5. The van der Waals surface area contributed by atoms with Gasteiger partial charge in [-0.05, 0) is 29.3 Å². The van der Waals surface area contributed by atoms with E-state index < -0.39 is 10.0 Å². The van der Waals surface area contributed by atoms with Gasteiger partial charge in [0.1, 0.15) is 0 Å². The highest BCUT2D eigenvalue weighted by molar-refractivity contribution is 7.89. The van der Waals surface area contributed by atoms with E-state index in [1.165, 1.54) is 11.3 Å². The van der Waals surface area contributed by atoms with Crippen molar-refractivity contribution in [3.05, 3.63) is 33.6 Å². The second kappa shape index (κ2) is 5.19. The zero-order valence-corrected chi connectivity index (χ0v) is 11.4. The van der Waals surface area contributed by atoms with Gasteiger partial charge >= 0.3 is 0 Å². The van der Waals surface area contributed by atoms with E-state index >= 15 is 0 Å². The van der Waals surface area contributed by atoms with Crippen molar-refractivity contribution >= 4 is 21.4 Å². The molecule has 4 N–H and O–H groups in total. The summed E-state index contributed by atoms with van der Waals surface area (Å²) in [7, 11) is -3.63. The summed E-state index contributed by atoms with van der Waals surface area (Å²) >= 11 is 1.52. The Kier molecular flexibility index (Phi) is 3.81. The molecule has 2 heterocycles. The van der Waals surface area contributed by atoms with E-state index in [1.54, 1.807) is 6.92 Å². The molecule has 0 spiro atoms. The molecule has 6 nitrogen and oxygen atoms in total. The zero-order chi connectivity index (χ0) is 13.2. The fourth-order valence-corrected chi connectivity index (χ4v) is 3.42. The summed E-state index contributed by atoms with van der Waals surface area (Å²) < 4.78 is 26.7. The largest absolute Gasteiger partial charge is 0.326 e. The summed E-state index contributed by atoms with van der Waals surface area (Å²) in [5.74, 6) is 0. The van der Waals surface area contributed by atoms with E-state index in [-0.39, 0.29) is 18.1 Å². The molecule has 0 unspecified atom stereocenters. The standard InChI is InChI=1S/C10H14N4O2S2/c1-7-9(4-11)10(14-13-7)18(15,16)12-5-8-2-3-17-6-8/h2-3,6,12H,4-5,11H2,1H3,(H,13,14). The molecule has 2 rings (SSSR count). The summed E-state index contributed by atoms with van der Waals surface area (Å²) in [4.78, 5) is 0. The molecule has 0 aliphatic carbocycles. The molecular weight excluding hydrogens is 272 g/mol. The van der Waals surface area contributed by atoms with Crippen molar-refractivity contribution in [3.8, 4) is 0 Å². The van der Waals surface area contributed by atoms with Gasteiger partial charge in [0.2, 0.25) is 0 Å². The maximum absolute atomic E-state index is 12.1. The predicted octanol–water partition coefficient (Wildman–Crippen LogP) is 0.717. The van der Waals surface area contributed by atoms with Gasteiger partial charge in [0.15, 0.2) is 5.03 Å². The molecule has 0 aliphatic heterocycles. The Morgan fingerprint density at radius 1 is 1.56 bits per heavy atom. The van der Waals surface area contributed by atoms with Gasteiger partial charge in [0, 0.05) is 24.3 Å². The summed E-state index contributed by atoms with van der Waals surface area (Å²) in [5, 5.41) is 10.2. The SMILES string of the molecule is Cc1[nH]nc(S(=O)(=O)NCc2ccsc2)c1CN. The second-order valence-corrected chi connectivity index (χ2v) is 6.25. The number of hydrogen-bond donors (Lipinski definition) is 3. The third-order valence-electron chi connectivity index (χ3n) is 2.54. The number of nitrogens with one attached hydrogen (secondary N) is 2. The van der Waals surface area contributed by atoms with Crippen LogP contribution in [0.15, 0.2) is 21.9 Å². The Labute approximate surface area is 109 Å². The van der Waals surface area contributed by atoms with Crippen LogP contribution in [0.25, 0.3) is 0 Å². The highest BCUT2D eigenvalue weighted by Crippen LogP contribution is 2.16. The van der Waals surface area contributed by atoms with Gasteiger partial charge in [-0.3, -0.25) is 5.10 Å².